The number of benzene rings is 1. The first-order valence-electron chi connectivity index (χ1n) is 6.54. The summed E-state index contributed by atoms with van der Waals surface area (Å²) >= 11 is 0. The number of carbonyl (C=O) groups excluding carboxylic acids is 1. The first kappa shape index (κ1) is 12.9. The van der Waals surface area contributed by atoms with Gasteiger partial charge in [0, 0.05) is 30.8 Å². The van der Waals surface area contributed by atoms with Crippen molar-refractivity contribution in [1.82, 2.24) is 5.32 Å². The zero-order chi connectivity index (χ0) is 12.8. The number of rotatable bonds is 7. The molecule has 1 fully saturated rings. The number of amides is 1. The molecule has 1 aromatic carbocycles. The highest BCUT2D eigenvalue weighted by Crippen LogP contribution is 2.19. The summed E-state index contributed by atoms with van der Waals surface area (Å²) in [6.07, 6.45) is 3.01. The van der Waals surface area contributed by atoms with E-state index in [9.17, 15) is 4.79 Å². The van der Waals surface area contributed by atoms with Gasteiger partial charge >= 0.3 is 0 Å². The molecule has 2 rings (SSSR count). The fourth-order valence-corrected chi connectivity index (χ4v) is 1.73. The standard InChI is InChI=1S/C14H20N2O2/c1-2-18-13-5-3-4-12(10-13)16-14(17)8-9-15-11-6-7-11/h3-5,10-11,15H,2,6-9H2,1H3,(H,16,17). The summed E-state index contributed by atoms with van der Waals surface area (Å²) < 4.78 is 5.39. The number of carbonyl (C=O) groups is 1. The van der Waals surface area contributed by atoms with Crippen LogP contribution in [0.2, 0.25) is 0 Å². The topological polar surface area (TPSA) is 50.4 Å². The van der Waals surface area contributed by atoms with E-state index in [1.54, 1.807) is 0 Å². The van der Waals surface area contributed by atoms with Gasteiger partial charge in [0.25, 0.3) is 0 Å². The molecule has 1 saturated carbocycles. The van der Waals surface area contributed by atoms with E-state index < -0.39 is 0 Å². The largest absolute Gasteiger partial charge is 0.494 e. The van der Waals surface area contributed by atoms with Gasteiger partial charge in [-0.1, -0.05) is 6.07 Å². The molecule has 0 heterocycles. The quantitative estimate of drug-likeness (QED) is 0.777. The van der Waals surface area contributed by atoms with E-state index in [2.05, 4.69) is 10.6 Å². The number of nitrogens with one attached hydrogen (secondary N) is 2. The second kappa shape index (κ2) is 6.40. The van der Waals surface area contributed by atoms with Gasteiger partial charge in [0.2, 0.25) is 5.91 Å². The monoisotopic (exact) mass is 248 g/mol. The van der Waals surface area contributed by atoms with E-state index in [1.165, 1.54) is 12.8 Å². The Bertz CT molecular complexity index is 403. The smallest absolute Gasteiger partial charge is 0.225 e. The first-order valence-corrected chi connectivity index (χ1v) is 6.54. The van der Waals surface area contributed by atoms with E-state index in [0.29, 0.717) is 19.1 Å². The molecule has 4 nitrogen and oxygen atoms in total. The lowest BCUT2D eigenvalue weighted by molar-refractivity contribution is -0.116. The SMILES string of the molecule is CCOc1cccc(NC(=O)CCNC2CC2)c1. The molecular weight excluding hydrogens is 228 g/mol. The Hall–Kier alpha value is -1.55. The van der Waals surface area contributed by atoms with Crippen molar-refractivity contribution in [3.8, 4) is 5.75 Å². The Kier molecular flexibility index (Phi) is 4.59. The molecule has 1 aliphatic carbocycles. The minimum absolute atomic E-state index is 0.0387. The zero-order valence-corrected chi connectivity index (χ0v) is 10.7. The van der Waals surface area contributed by atoms with Crippen LogP contribution in [0.3, 0.4) is 0 Å². The van der Waals surface area contributed by atoms with Gasteiger partial charge in [-0.3, -0.25) is 4.79 Å². The molecule has 1 aliphatic rings. The highest BCUT2D eigenvalue weighted by molar-refractivity contribution is 5.91. The Morgan fingerprint density at radius 1 is 1.44 bits per heavy atom. The van der Waals surface area contributed by atoms with Gasteiger partial charge < -0.3 is 15.4 Å². The fourth-order valence-electron chi connectivity index (χ4n) is 1.73. The lowest BCUT2D eigenvalue weighted by Crippen LogP contribution is -2.23. The predicted molar refractivity (Wildman–Crippen MR) is 71.9 cm³/mol. The molecular formula is C14H20N2O2. The van der Waals surface area contributed by atoms with Crippen LogP contribution in [0.25, 0.3) is 0 Å². The predicted octanol–water partition coefficient (Wildman–Crippen LogP) is 2.17. The molecule has 0 atom stereocenters. The van der Waals surface area contributed by atoms with Crippen LogP contribution in [0.5, 0.6) is 5.75 Å². The number of anilines is 1. The van der Waals surface area contributed by atoms with Crippen LogP contribution in [-0.2, 0) is 4.79 Å². The number of hydrogen-bond donors (Lipinski definition) is 2. The van der Waals surface area contributed by atoms with Crippen molar-refractivity contribution in [2.45, 2.75) is 32.2 Å². The molecule has 18 heavy (non-hydrogen) atoms. The molecule has 0 aliphatic heterocycles. The molecule has 2 N–H and O–H groups in total. The van der Waals surface area contributed by atoms with Crippen molar-refractivity contribution in [2.24, 2.45) is 0 Å². The Morgan fingerprint density at radius 2 is 2.28 bits per heavy atom. The van der Waals surface area contributed by atoms with Crippen molar-refractivity contribution in [1.29, 1.82) is 0 Å². The fraction of sp³-hybridized carbons (Fsp3) is 0.500. The lowest BCUT2D eigenvalue weighted by atomic mass is 10.3. The zero-order valence-electron chi connectivity index (χ0n) is 10.7. The van der Waals surface area contributed by atoms with Gasteiger partial charge in [0.1, 0.15) is 5.75 Å². The van der Waals surface area contributed by atoms with Gasteiger partial charge in [-0.05, 0) is 31.9 Å². The minimum atomic E-state index is 0.0387. The molecule has 0 spiro atoms. The second-order valence-electron chi connectivity index (χ2n) is 4.49. The maximum Gasteiger partial charge on any atom is 0.225 e. The molecule has 0 aromatic heterocycles. The van der Waals surface area contributed by atoms with E-state index in [-0.39, 0.29) is 5.91 Å². The average Bonchev–Trinajstić information content (AvgIpc) is 3.14. The molecule has 98 valence electrons. The third-order valence-electron chi connectivity index (χ3n) is 2.79. The summed E-state index contributed by atoms with van der Waals surface area (Å²) in [4.78, 5) is 11.7. The normalized spacial score (nSPS) is 14.3. The molecule has 1 aromatic rings. The van der Waals surface area contributed by atoms with Crippen LogP contribution in [0.4, 0.5) is 5.69 Å². The van der Waals surface area contributed by atoms with Gasteiger partial charge in [0.05, 0.1) is 6.61 Å². The first-order chi connectivity index (χ1) is 8.78. The summed E-state index contributed by atoms with van der Waals surface area (Å²) in [5.41, 5.74) is 0.789. The van der Waals surface area contributed by atoms with Crippen LogP contribution < -0.4 is 15.4 Å². The summed E-state index contributed by atoms with van der Waals surface area (Å²) in [5, 5.41) is 6.20. The molecule has 0 bridgehead atoms. The van der Waals surface area contributed by atoms with E-state index in [0.717, 1.165) is 18.0 Å². The molecule has 1 amide bonds. The van der Waals surface area contributed by atoms with Crippen molar-refractivity contribution in [3.63, 3.8) is 0 Å². The second-order valence-corrected chi connectivity index (χ2v) is 4.49. The third-order valence-corrected chi connectivity index (χ3v) is 2.79. The van der Waals surface area contributed by atoms with Crippen LogP contribution in [-0.4, -0.2) is 25.1 Å². The van der Waals surface area contributed by atoms with Crippen LogP contribution in [0, 0.1) is 0 Å². The molecule has 0 radical (unpaired) electrons. The minimum Gasteiger partial charge on any atom is -0.494 e. The summed E-state index contributed by atoms with van der Waals surface area (Å²) in [6, 6.07) is 8.13. The average molecular weight is 248 g/mol. The third kappa shape index (κ3) is 4.37. The summed E-state index contributed by atoms with van der Waals surface area (Å²) in [5.74, 6) is 0.822. The molecule has 4 heteroatoms. The van der Waals surface area contributed by atoms with Gasteiger partial charge in [-0.15, -0.1) is 0 Å². The lowest BCUT2D eigenvalue weighted by Gasteiger charge is -2.08. The summed E-state index contributed by atoms with van der Waals surface area (Å²) in [6.45, 7) is 3.32. The van der Waals surface area contributed by atoms with Crippen molar-refractivity contribution in [3.05, 3.63) is 24.3 Å². The molecule has 0 unspecified atom stereocenters. The Balaban J connectivity index is 1.76. The maximum absolute atomic E-state index is 11.7. The van der Waals surface area contributed by atoms with E-state index in [1.807, 2.05) is 31.2 Å². The van der Waals surface area contributed by atoms with Crippen LogP contribution >= 0.6 is 0 Å². The van der Waals surface area contributed by atoms with Gasteiger partial charge in [0.15, 0.2) is 0 Å². The van der Waals surface area contributed by atoms with Crippen molar-refractivity contribution >= 4 is 11.6 Å². The van der Waals surface area contributed by atoms with Crippen molar-refractivity contribution in [2.75, 3.05) is 18.5 Å². The summed E-state index contributed by atoms with van der Waals surface area (Å²) in [7, 11) is 0. The molecule has 0 saturated heterocycles. The van der Waals surface area contributed by atoms with Gasteiger partial charge in [-0.25, -0.2) is 0 Å². The highest BCUT2D eigenvalue weighted by Gasteiger charge is 2.20. The van der Waals surface area contributed by atoms with Crippen molar-refractivity contribution < 1.29 is 9.53 Å². The maximum atomic E-state index is 11.7. The number of hydrogen-bond acceptors (Lipinski definition) is 3. The van der Waals surface area contributed by atoms with Crippen LogP contribution in [0.1, 0.15) is 26.2 Å². The number of ether oxygens (including phenoxy) is 1. The Labute approximate surface area is 108 Å². The van der Waals surface area contributed by atoms with Gasteiger partial charge in [-0.2, -0.15) is 0 Å². The van der Waals surface area contributed by atoms with Crippen LogP contribution in [0.15, 0.2) is 24.3 Å². The Morgan fingerprint density at radius 3 is 3.00 bits per heavy atom. The highest BCUT2D eigenvalue weighted by atomic mass is 16.5. The van der Waals surface area contributed by atoms with E-state index in [4.69, 9.17) is 4.74 Å². The van der Waals surface area contributed by atoms with E-state index >= 15 is 0 Å².